The summed E-state index contributed by atoms with van der Waals surface area (Å²) in [5.74, 6) is -0.607. The summed E-state index contributed by atoms with van der Waals surface area (Å²) in [5.41, 5.74) is 0. The van der Waals surface area contributed by atoms with Crippen LogP contribution in [0.1, 0.15) is 181 Å². The van der Waals surface area contributed by atoms with Crippen LogP contribution in [-0.4, -0.2) is 48.6 Å². The van der Waals surface area contributed by atoms with Crippen LogP contribution in [0, 0.1) is 0 Å². The summed E-state index contributed by atoms with van der Waals surface area (Å²) in [6.07, 6.45) is 34.3. The molecule has 2 unspecified atom stereocenters. The molecule has 1 fully saturated rings. The van der Waals surface area contributed by atoms with Crippen LogP contribution in [0.5, 0.6) is 0 Å². The van der Waals surface area contributed by atoms with Gasteiger partial charge in [0.15, 0.2) is 6.10 Å². The predicted molar refractivity (Wildman–Crippen MR) is 177 cm³/mol. The van der Waals surface area contributed by atoms with Crippen LogP contribution in [0.15, 0.2) is 12.2 Å². The Labute approximate surface area is 265 Å². The molecule has 6 nitrogen and oxygen atoms in total. The first kappa shape index (κ1) is 39.6. The summed E-state index contributed by atoms with van der Waals surface area (Å²) < 4.78 is 16.3. The maximum atomic E-state index is 12.1. The van der Waals surface area contributed by atoms with Gasteiger partial charge in [0.1, 0.15) is 6.61 Å². The van der Waals surface area contributed by atoms with E-state index in [0.29, 0.717) is 25.0 Å². The minimum Gasteiger partial charge on any atom is -0.462 e. The standard InChI is InChI=1S/C37H68O6/c1-3-5-7-8-9-10-11-12-13-14-18-21-25-29-36(39)41-32-33(31-38)42-37(40)30-26-22-19-16-15-17-20-24-28-35-34(43-35)27-23-6-4-2/h20,24,33-35,38H,3-19,21-23,25-32H2,1-2H3/b24-20+/t33-,34?,35?/m0/s1. The molecule has 0 radical (unpaired) electrons. The number of hydrogen-bond acceptors (Lipinski definition) is 6. The van der Waals surface area contributed by atoms with Gasteiger partial charge >= 0.3 is 11.9 Å². The van der Waals surface area contributed by atoms with E-state index in [0.717, 1.165) is 57.8 Å². The molecule has 0 saturated carbocycles. The van der Waals surface area contributed by atoms with Crippen molar-refractivity contribution in [1.82, 2.24) is 0 Å². The van der Waals surface area contributed by atoms with E-state index >= 15 is 0 Å². The molecule has 0 bridgehead atoms. The molecule has 1 saturated heterocycles. The Morgan fingerprint density at radius 2 is 1.16 bits per heavy atom. The number of aliphatic hydroxyl groups is 1. The number of epoxide rings is 1. The largest absolute Gasteiger partial charge is 0.462 e. The summed E-state index contributed by atoms with van der Waals surface area (Å²) >= 11 is 0. The molecule has 0 aliphatic carbocycles. The zero-order chi connectivity index (χ0) is 31.2. The van der Waals surface area contributed by atoms with Crippen molar-refractivity contribution in [2.45, 2.75) is 199 Å². The molecule has 6 heteroatoms. The average Bonchev–Trinajstić information content (AvgIpc) is 3.76. The first-order valence-electron chi connectivity index (χ1n) is 18.4. The van der Waals surface area contributed by atoms with Gasteiger partial charge in [0.2, 0.25) is 0 Å². The van der Waals surface area contributed by atoms with Gasteiger partial charge in [-0.1, -0.05) is 142 Å². The smallest absolute Gasteiger partial charge is 0.306 e. The molecule has 1 aliphatic rings. The van der Waals surface area contributed by atoms with E-state index in [1.165, 1.54) is 96.3 Å². The van der Waals surface area contributed by atoms with Gasteiger partial charge < -0.3 is 19.3 Å². The van der Waals surface area contributed by atoms with E-state index in [4.69, 9.17) is 14.2 Å². The zero-order valence-electron chi connectivity index (χ0n) is 28.2. The van der Waals surface area contributed by atoms with Crippen LogP contribution in [0.4, 0.5) is 0 Å². The average molecular weight is 609 g/mol. The van der Waals surface area contributed by atoms with E-state index in [-0.39, 0.29) is 25.2 Å². The van der Waals surface area contributed by atoms with E-state index in [2.05, 4.69) is 26.0 Å². The molecule has 0 aromatic carbocycles. The summed E-state index contributed by atoms with van der Waals surface area (Å²) in [7, 11) is 0. The van der Waals surface area contributed by atoms with Gasteiger partial charge in [-0.2, -0.15) is 0 Å². The first-order chi connectivity index (χ1) is 21.1. The molecule has 1 aliphatic heterocycles. The Morgan fingerprint density at radius 1 is 0.651 bits per heavy atom. The monoisotopic (exact) mass is 609 g/mol. The Morgan fingerprint density at radius 3 is 1.74 bits per heavy atom. The van der Waals surface area contributed by atoms with Crippen molar-refractivity contribution < 1.29 is 28.9 Å². The topological polar surface area (TPSA) is 85.4 Å². The fourth-order valence-corrected chi connectivity index (χ4v) is 5.56. The van der Waals surface area contributed by atoms with Gasteiger partial charge in [-0.15, -0.1) is 0 Å². The van der Waals surface area contributed by atoms with Crippen LogP contribution < -0.4 is 0 Å². The number of allylic oxidation sites excluding steroid dienone is 1. The van der Waals surface area contributed by atoms with Crippen LogP contribution in [0.2, 0.25) is 0 Å². The van der Waals surface area contributed by atoms with E-state index in [9.17, 15) is 14.7 Å². The number of ether oxygens (including phenoxy) is 3. The minimum atomic E-state index is -0.775. The van der Waals surface area contributed by atoms with Crippen LogP contribution in [-0.2, 0) is 23.8 Å². The fourth-order valence-electron chi connectivity index (χ4n) is 5.56. The lowest BCUT2D eigenvalue weighted by Crippen LogP contribution is -2.28. The lowest BCUT2D eigenvalue weighted by atomic mass is 10.0. The lowest BCUT2D eigenvalue weighted by Gasteiger charge is -2.15. The third kappa shape index (κ3) is 25.6. The van der Waals surface area contributed by atoms with E-state index in [1.54, 1.807) is 0 Å². The molecule has 0 aromatic heterocycles. The SMILES string of the molecule is CCCCCCCCCCCCCCCC(=O)OC[C@H](CO)OC(=O)CCCCCCC/C=C/CC1OC1CCCCC. The number of rotatable bonds is 32. The molecule has 0 spiro atoms. The minimum absolute atomic E-state index is 0.0700. The highest BCUT2D eigenvalue weighted by atomic mass is 16.6. The Kier molecular flexibility index (Phi) is 27.0. The van der Waals surface area contributed by atoms with Crippen LogP contribution >= 0.6 is 0 Å². The Bertz CT molecular complexity index is 678. The third-order valence-corrected chi connectivity index (χ3v) is 8.48. The highest BCUT2D eigenvalue weighted by Crippen LogP contribution is 2.30. The number of hydrogen-bond donors (Lipinski definition) is 1. The highest BCUT2D eigenvalue weighted by molar-refractivity contribution is 5.70. The number of unbranched alkanes of at least 4 members (excludes halogenated alkanes) is 19. The van der Waals surface area contributed by atoms with Crippen molar-refractivity contribution in [2.24, 2.45) is 0 Å². The van der Waals surface area contributed by atoms with Crippen molar-refractivity contribution in [2.75, 3.05) is 13.2 Å². The molecular weight excluding hydrogens is 540 g/mol. The summed E-state index contributed by atoms with van der Waals surface area (Å²) in [4.78, 5) is 24.2. The van der Waals surface area contributed by atoms with Gasteiger partial charge in [0.05, 0.1) is 18.8 Å². The van der Waals surface area contributed by atoms with Gasteiger partial charge in [0.25, 0.3) is 0 Å². The van der Waals surface area contributed by atoms with Gasteiger partial charge in [-0.05, 0) is 38.5 Å². The van der Waals surface area contributed by atoms with E-state index in [1.807, 2.05) is 0 Å². The van der Waals surface area contributed by atoms with Gasteiger partial charge in [-0.3, -0.25) is 9.59 Å². The second-order valence-corrected chi connectivity index (χ2v) is 12.7. The lowest BCUT2D eigenvalue weighted by molar-refractivity contribution is -0.161. The highest BCUT2D eigenvalue weighted by Gasteiger charge is 2.36. The maximum Gasteiger partial charge on any atom is 0.306 e. The van der Waals surface area contributed by atoms with E-state index < -0.39 is 6.10 Å². The second kappa shape index (κ2) is 29.3. The van der Waals surface area contributed by atoms with Gasteiger partial charge in [0, 0.05) is 12.8 Å². The summed E-state index contributed by atoms with van der Waals surface area (Å²) in [6, 6.07) is 0. The van der Waals surface area contributed by atoms with Gasteiger partial charge in [-0.25, -0.2) is 0 Å². The normalized spacial score (nSPS) is 16.9. The second-order valence-electron chi connectivity index (χ2n) is 12.7. The Balaban J connectivity index is 1.88. The number of carbonyl (C=O) groups is 2. The molecule has 0 aromatic rings. The summed E-state index contributed by atoms with van der Waals surface area (Å²) in [5, 5.41) is 9.53. The molecule has 3 atom stereocenters. The molecule has 1 rings (SSSR count). The predicted octanol–water partition coefficient (Wildman–Crippen LogP) is 9.94. The molecule has 252 valence electrons. The molecular formula is C37H68O6. The number of esters is 2. The van der Waals surface area contributed by atoms with Crippen molar-refractivity contribution >= 4 is 11.9 Å². The molecule has 1 heterocycles. The van der Waals surface area contributed by atoms with Crippen molar-refractivity contribution in [1.29, 1.82) is 0 Å². The van der Waals surface area contributed by atoms with Crippen LogP contribution in [0.25, 0.3) is 0 Å². The molecule has 0 amide bonds. The van der Waals surface area contributed by atoms with Crippen molar-refractivity contribution in [3.05, 3.63) is 12.2 Å². The quantitative estimate of drug-likeness (QED) is 0.0354. The summed E-state index contributed by atoms with van der Waals surface area (Å²) in [6.45, 7) is 4.09. The molecule has 43 heavy (non-hydrogen) atoms. The zero-order valence-corrected chi connectivity index (χ0v) is 28.2. The molecule has 1 N–H and O–H groups in total. The fraction of sp³-hybridized carbons (Fsp3) is 0.892. The Hall–Kier alpha value is -1.40. The number of aliphatic hydroxyl groups excluding tert-OH is 1. The third-order valence-electron chi connectivity index (χ3n) is 8.48. The first-order valence-corrected chi connectivity index (χ1v) is 18.4. The number of carbonyl (C=O) groups excluding carboxylic acids is 2. The maximum absolute atomic E-state index is 12.1. The van der Waals surface area contributed by atoms with Crippen molar-refractivity contribution in [3.8, 4) is 0 Å². The van der Waals surface area contributed by atoms with Crippen molar-refractivity contribution in [3.63, 3.8) is 0 Å². The van der Waals surface area contributed by atoms with Crippen LogP contribution in [0.3, 0.4) is 0 Å².